The van der Waals surface area contributed by atoms with E-state index in [1.807, 2.05) is 22.9 Å². The molecule has 1 N–H and O–H groups in total. The van der Waals surface area contributed by atoms with E-state index in [0.29, 0.717) is 15.7 Å². The number of amides is 1. The van der Waals surface area contributed by atoms with Crippen molar-refractivity contribution in [2.75, 3.05) is 5.32 Å². The van der Waals surface area contributed by atoms with Crippen molar-refractivity contribution in [3.05, 3.63) is 46.6 Å². The molecule has 0 saturated heterocycles. The maximum Gasteiger partial charge on any atom is 0.246 e. The monoisotopic (exact) mass is 341 g/mol. The van der Waals surface area contributed by atoms with Gasteiger partial charge in [0.15, 0.2) is 10.9 Å². The Kier molecular flexibility index (Phi) is 4.49. The fraction of sp³-hybridized carbons (Fsp3) is 0.278. The Bertz CT molecular complexity index is 924. The Morgan fingerprint density at radius 2 is 2.08 bits per heavy atom. The van der Waals surface area contributed by atoms with Gasteiger partial charge in [0.2, 0.25) is 5.91 Å². The normalized spacial score (nSPS) is 11.0. The van der Waals surface area contributed by atoms with E-state index in [-0.39, 0.29) is 18.2 Å². The molecule has 0 unspecified atom stereocenters. The van der Waals surface area contributed by atoms with Gasteiger partial charge >= 0.3 is 0 Å². The largest absolute Gasteiger partial charge is 0.338 e. The van der Waals surface area contributed by atoms with Gasteiger partial charge in [0, 0.05) is 18.6 Å². The van der Waals surface area contributed by atoms with Crippen LogP contribution in [0.15, 0.2) is 30.5 Å². The molecule has 0 aliphatic carbocycles. The number of fused-ring (bicyclic) bond motifs is 1. The average molecular weight is 341 g/mol. The molecule has 24 heavy (non-hydrogen) atoms. The van der Waals surface area contributed by atoms with Gasteiger partial charge in [-0.3, -0.25) is 9.59 Å². The molecule has 3 rings (SSSR count). The number of rotatable bonds is 5. The van der Waals surface area contributed by atoms with Crippen LogP contribution in [0, 0.1) is 6.92 Å². The van der Waals surface area contributed by atoms with E-state index in [4.69, 9.17) is 0 Å². The number of nitrogens with one attached hydrogen (secondary N) is 1. The van der Waals surface area contributed by atoms with Gasteiger partial charge in [-0.1, -0.05) is 24.3 Å². The van der Waals surface area contributed by atoms with E-state index in [9.17, 15) is 9.59 Å². The number of thiazole rings is 1. The van der Waals surface area contributed by atoms with Crippen LogP contribution in [0.4, 0.5) is 5.13 Å². The summed E-state index contributed by atoms with van der Waals surface area (Å²) in [6, 6.07) is 8.29. The summed E-state index contributed by atoms with van der Waals surface area (Å²) in [5.41, 5.74) is 2.96. The Hall–Kier alpha value is -2.47. The summed E-state index contributed by atoms with van der Waals surface area (Å²) in [5.74, 6) is -0.190. The van der Waals surface area contributed by atoms with Crippen LogP contribution in [0.25, 0.3) is 10.9 Å². The number of nitrogens with zero attached hydrogens (tertiary/aromatic N) is 2. The average Bonchev–Trinajstić information content (AvgIpc) is 3.10. The van der Waals surface area contributed by atoms with Crippen molar-refractivity contribution in [3.63, 3.8) is 0 Å². The minimum absolute atomic E-state index is 0.0337. The number of Topliss-reactive ketones (excluding diaryl/α,β-unsaturated/α-hetero) is 1. The third kappa shape index (κ3) is 3.23. The number of hydrogen-bond donors (Lipinski definition) is 1. The topological polar surface area (TPSA) is 64.0 Å². The van der Waals surface area contributed by atoms with Crippen molar-refractivity contribution in [1.29, 1.82) is 0 Å². The summed E-state index contributed by atoms with van der Waals surface area (Å²) in [4.78, 5) is 28.6. The summed E-state index contributed by atoms with van der Waals surface area (Å²) in [6.45, 7) is 5.61. The van der Waals surface area contributed by atoms with Crippen molar-refractivity contribution in [1.82, 2.24) is 9.55 Å². The maximum atomic E-state index is 12.3. The fourth-order valence-corrected chi connectivity index (χ4v) is 3.58. The highest BCUT2D eigenvalue weighted by Gasteiger charge is 2.14. The smallest absolute Gasteiger partial charge is 0.246 e. The minimum atomic E-state index is -0.157. The Balaban J connectivity index is 1.75. The number of hydrogen-bond acceptors (Lipinski definition) is 4. The van der Waals surface area contributed by atoms with Crippen LogP contribution < -0.4 is 5.32 Å². The molecule has 6 heteroatoms. The molecule has 0 aliphatic heterocycles. The van der Waals surface area contributed by atoms with E-state index in [2.05, 4.69) is 29.4 Å². The standard InChI is InChI=1S/C18H19N3O2S/c1-4-13-5-6-15-14(9-13)7-8-21(15)10-16(23)20-18-19-11(2)17(24-18)12(3)22/h5-9H,4,10H2,1-3H3,(H,19,20,23). The SMILES string of the molecule is CCc1ccc2c(ccn2CC(=O)Nc2nc(C)c(C(C)=O)s2)c1. The highest BCUT2D eigenvalue weighted by atomic mass is 32.1. The predicted octanol–water partition coefficient (Wildman–Crippen LogP) is 3.81. The number of aryl methyl sites for hydroxylation is 2. The van der Waals surface area contributed by atoms with Crippen LogP contribution >= 0.6 is 11.3 Å². The van der Waals surface area contributed by atoms with Gasteiger partial charge < -0.3 is 9.88 Å². The van der Waals surface area contributed by atoms with Crippen molar-refractivity contribution < 1.29 is 9.59 Å². The van der Waals surface area contributed by atoms with Crippen LogP contribution in [0.3, 0.4) is 0 Å². The summed E-state index contributed by atoms with van der Waals surface area (Å²) < 4.78 is 1.91. The van der Waals surface area contributed by atoms with Crippen LogP contribution in [0.2, 0.25) is 0 Å². The van der Waals surface area contributed by atoms with Crippen LogP contribution in [-0.2, 0) is 17.8 Å². The van der Waals surface area contributed by atoms with Crippen molar-refractivity contribution >= 4 is 39.1 Å². The lowest BCUT2D eigenvalue weighted by Crippen LogP contribution is -2.18. The zero-order valence-corrected chi connectivity index (χ0v) is 14.7. The van der Waals surface area contributed by atoms with E-state index >= 15 is 0 Å². The molecule has 124 valence electrons. The minimum Gasteiger partial charge on any atom is -0.338 e. The Morgan fingerprint density at radius 3 is 2.75 bits per heavy atom. The van der Waals surface area contributed by atoms with Crippen LogP contribution in [0.1, 0.15) is 34.8 Å². The second-order valence-corrected chi connectivity index (χ2v) is 6.73. The first kappa shape index (κ1) is 16.4. The molecule has 0 aliphatic rings. The lowest BCUT2D eigenvalue weighted by Gasteiger charge is -2.06. The lowest BCUT2D eigenvalue weighted by molar-refractivity contribution is -0.116. The van der Waals surface area contributed by atoms with Gasteiger partial charge in [-0.15, -0.1) is 0 Å². The van der Waals surface area contributed by atoms with Crippen molar-refractivity contribution in [3.8, 4) is 0 Å². The van der Waals surface area contributed by atoms with Gasteiger partial charge in [-0.25, -0.2) is 4.98 Å². The molecule has 0 saturated carbocycles. The number of carbonyl (C=O) groups is 2. The number of aromatic nitrogens is 2. The first-order valence-electron chi connectivity index (χ1n) is 7.84. The molecule has 0 fully saturated rings. The molecule has 2 heterocycles. The van der Waals surface area contributed by atoms with Crippen LogP contribution in [-0.4, -0.2) is 21.2 Å². The molecule has 3 aromatic rings. The zero-order chi connectivity index (χ0) is 17.3. The number of carbonyl (C=O) groups excluding carboxylic acids is 2. The summed E-state index contributed by atoms with van der Waals surface area (Å²) in [6.07, 6.45) is 2.90. The Labute approximate surface area is 144 Å². The Morgan fingerprint density at radius 1 is 1.29 bits per heavy atom. The van der Waals surface area contributed by atoms with Gasteiger partial charge in [0.1, 0.15) is 6.54 Å². The highest BCUT2D eigenvalue weighted by Crippen LogP contribution is 2.23. The molecular weight excluding hydrogens is 322 g/mol. The maximum absolute atomic E-state index is 12.3. The summed E-state index contributed by atoms with van der Waals surface area (Å²) in [5, 5.41) is 4.37. The van der Waals surface area contributed by atoms with Gasteiger partial charge in [-0.2, -0.15) is 0 Å². The van der Waals surface area contributed by atoms with Crippen molar-refractivity contribution in [2.45, 2.75) is 33.7 Å². The number of anilines is 1. The van der Waals surface area contributed by atoms with Crippen molar-refractivity contribution in [2.24, 2.45) is 0 Å². The second kappa shape index (κ2) is 6.57. The first-order chi connectivity index (χ1) is 11.5. The zero-order valence-electron chi connectivity index (χ0n) is 13.9. The first-order valence-corrected chi connectivity index (χ1v) is 8.65. The quantitative estimate of drug-likeness (QED) is 0.718. The van der Waals surface area contributed by atoms with Gasteiger partial charge in [-0.05, 0) is 42.5 Å². The van der Waals surface area contributed by atoms with E-state index in [1.54, 1.807) is 6.92 Å². The van der Waals surface area contributed by atoms with E-state index in [1.165, 1.54) is 23.8 Å². The third-order valence-electron chi connectivity index (χ3n) is 3.92. The predicted molar refractivity (Wildman–Crippen MR) is 96.8 cm³/mol. The van der Waals surface area contributed by atoms with Crippen LogP contribution in [0.5, 0.6) is 0 Å². The summed E-state index contributed by atoms with van der Waals surface area (Å²) in [7, 11) is 0. The fourth-order valence-electron chi connectivity index (χ4n) is 2.70. The summed E-state index contributed by atoms with van der Waals surface area (Å²) >= 11 is 1.22. The number of benzene rings is 1. The molecule has 5 nitrogen and oxygen atoms in total. The molecule has 0 bridgehead atoms. The van der Waals surface area contributed by atoms with Gasteiger partial charge in [0.05, 0.1) is 10.6 Å². The molecular formula is C18H19N3O2S. The van der Waals surface area contributed by atoms with E-state index < -0.39 is 0 Å². The highest BCUT2D eigenvalue weighted by molar-refractivity contribution is 7.17. The lowest BCUT2D eigenvalue weighted by atomic mass is 10.1. The van der Waals surface area contributed by atoms with Gasteiger partial charge in [0.25, 0.3) is 0 Å². The van der Waals surface area contributed by atoms with E-state index in [0.717, 1.165) is 17.3 Å². The molecule has 0 atom stereocenters. The molecule has 1 amide bonds. The molecule has 0 radical (unpaired) electrons. The molecule has 0 spiro atoms. The molecule has 2 aromatic heterocycles. The third-order valence-corrected chi connectivity index (χ3v) is 5.09. The second-order valence-electron chi connectivity index (χ2n) is 5.73. The number of ketones is 1. The molecule has 1 aromatic carbocycles.